The molecule has 12 heavy (non-hydrogen) atoms. The van der Waals surface area contributed by atoms with Crippen LogP contribution in [-0.2, 0) is 0 Å². The molecule has 1 saturated heterocycles. The minimum atomic E-state index is 0. The molecule has 1 fully saturated rings. The van der Waals surface area contributed by atoms with Gasteiger partial charge in [-0.05, 0) is 0 Å². The van der Waals surface area contributed by atoms with E-state index in [0.29, 0.717) is 18.1 Å². The summed E-state index contributed by atoms with van der Waals surface area (Å²) >= 11 is 3.98. The highest BCUT2D eigenvalue weighted by Crippen LogP contribution is 2.06. The molecule has 1 aliphatic rings. The van der Waals surface area contributed by atoms with E-state index in [1.807, 2.05) is 4.90 Å². The normalized spacial score (nSPS) is 19.4. The second-order valence-electron chi connectivity index (χ2n) is 2.44. The largest absolute Gasteiger partial charge is 0.411 e. The Balaban J connectivity index is 0.00000121. The van der Waals surface area contributed by atoms with Gasteiger partial charge in [-0.3, -0.25) is 5.41 Å². The van der Waals surface area contributed by atoms with Crippen molar-refractivity contribution in [1.29, 1.82) is 5.41 Å². The molecule has 1 aliphatic heterocycles. The molecule has 4 nitrogen and oxygen atoms in total. The van der Waals surface area contributed by atoms with E-state index in [9.17, 15) is 0 Å². The van der Waals surface area contributed by atoms with Gasteiger partial charge in [-0.1, -0.05) is 5.16 Å². The van der Waals surface area contributed by atoms with Crippen LogP contribution in [0.3, 0.4) is 0 Å². The number of rotatable bonds is 1. The third kappa shape index (κ3) is 2.57. The molecule has 0 bridgehead atoms. The van der Waals surface area contributed by atoms with Crippen LogP contribution >= 0.6 is 25.0 Å². The fraction of sp³-hybridized carbons (Fsp3) is 0.667. The first kappa shape index (κ1) is 11.6. The van der Waals surface area contributed by atoms with E-state index in [0.717, 1.165) is 18.7 Å². The van der Waals surface area contributed by atoms with E-state index >= 15 is 0 Å². The first-order valence-electron chi connectivity index (χ1n) is 3.41. The standard InChI is InChI=1S/C6H11N3OS.ClH/c7-6(4-11)9-2-1-5(3-9)8-10;/h7,10-11H,1-4H2;1H. The van der Waals surface area contributed by atoms with Crippen LogP contribution in [0.15, 0.2) is 5.16 Å². The zero-order valence-corrected chi connectivity index (χ0v) is 8.24. The van der Waals surface area contributed by atoms with Crippen LogP contribution in [0.1, 0.15) is 6.42 Å². The monoisotopic (exact) mass is 209 g/mol. The van der Waals surface area contributed by atoms with E-state index in [1.54, 1.807) is 0 Å². The molecule has 0 atom stereocenters. The molecule has 0 saturated carbocycles. The van der Waals surface area contributed by atoms with E-state index in [-0.39, 0.29) is 12.4 Å². The summed E-state index contributed by atoms with van der Waals surface area (Å²) in [4.78, 5) is 1.85. The van der Waals surface area contributed by atoms with Gasteiger partial charge in [0.05, 0.1) is 12.3 Å². The minimum absolute atomic E-state index is 0. The summed E-state index contributed by atoms with van der Waals surface area (Å²) in [6.45, 7) is 1.36. The molecule has 0 unspecified atom stereocenters. The van der Waals surface area contributed by atoms with Crippen molar-refractivity contribution in [2.75, 3.05) is 18.8 Å². The number of hydrogen-bond donors (Lipinski definition) is 3. The average molecular weight is 210 g/mol. The van der Waals surface area contributed by atoms with Crippen molar-refractivity contribution in [2.45, 2.75) is 6.42 Å². The highest BCUT2D eigenvalue weighted by Gasteiger charge is 2.19. The lowest BCUT2D eigenvalue weighted by molar-refractivity contribution is 0.317. The Hall–Kier alpha value is -0.420. The molecule has 1 heterocycles. The van der Waals surface area contributed by atoms with Gasteiger partial charge in [0.15, 0.2) is 0 Å². The van der Waals surface area contributed by atoms with E-state index in [1.165, 1.54) is 0 Å². The van der Waals surface area contributed by atoms with Crippen LogP contribution in [0, 0.1) is 5.41 Å². The number of thiol groups is 1. The molecule has 70 valence electrons. The topological polar surface area (TPSA) is 59.7 Å². The Morgan fingerprint density at radius 3 is 2.83 bits per heavy atom. The van der Waals surface area contributed by atoms with Crippen LogP contribution in [0.2, 0.25) is 0 Å². The third-order valence-electron chi connectivity index (χ3n) is 1.72. The number of halogens is 1. The Bertz CT molecular complexity index is 197. The van der Waals surface area contributed by atoms with Crippen molar-refractivity contribution >= 4 is 36.6 Å². The van der Waals surface area contributed by atoms with Gasteiger partial charge in [0, 0.05) is 18.7 Å². The van der Waals surface area contributed by atoms with Gasteiger partial charge in [0.25, 0.3) is 0 Å². The first-order valence-corrected chi connectivity index (χ1v) is 4.04. The second kappa shape index (κ2) is 5.27. The summed E-state index contributed by atoms with van der Waals surface area (Å²) in [5, 5.41) is 18.9. The predicted molar refractivity (Wildman–Crippen MR) is 54.2 cm³/mol. The van der Waals surface area contributed by atoms with Crippen LogP contribution in [-0.4, -0.2) is 40.5 Å². The molecule has 0 amide bonds. The summed E-state index contributed by atoms with van der Waals surface area (Å²) in [6, 6.07) is 0. The smallest absolute Gasteiger partial charge is 0.106 e. The van der Waals surface area contributed by atoms with Gasteiger partial charge in [0.1, 0.15) is 5.84 Å². The van der Waals surface area contributed by atoms with Crippen LogP contribution in [0.25, 0.3) is 0 Å². The summed E-state index contributed by atoms with van der Waals surface area (Å²) in [7, 11) is 0. The minimum Gasteiger partial charge on any atom is -0.411 e. The van der Waals surface area contributed by atoms with Crippen molar-refractivity contribution in [2.24, 2.45) is 5.16 Å². The van der Waals surface area contributed by atoms with Gasteiger partial charge in [-0.25, -0.2) is 0 Å². The number of likely N-dealkylation sites (tertiary alicyclic amines) is 1. The molecule has 2 N–H and O–H groups in total. The maximum Gasteiger partial charge on any atom is 0.106 e. The molecular weight excluding hydrogens is 198 g/mol. The highest BCUT2D eigenvalue weighted by atomic mass is 35.5. The Morgan fingerprint density at radius 2 is 2.42 bits per heavy atom. The first-order chi connectivity index (χ1) is 5.27. The predicted octanol–water partition coefficient (Wildman–Crippen LogP) is 0.851. The van der Waals surface area contributed by atoms with Crippen LogP contribution < -0.4 is 0 Å². The molecule has 0 aromatic heterocycles. The van der Waals surface area contributed by atoms with Crippen molar-refractivity contribution in [3.05, 3.63) is 0 Å². The van der Waals surface area contributed by atoms with Crippen molar-refractivity contribution in [3.63, 3.8) is 0 Å². The summed E-state index contributed by atoms with van der Waals surface area (Å²) < 4.78 is 0. The Morgan fingerprint density at radius 1 is 1.75 bits per heavy atom. The van der Waals surface area contributed by atoms with E-state index < -0.39 is 0 Å². The zero-order valence-electron chi connectivity index (χ0n) is 6.53. The maximum atomic E-state index is 8.41. The molecule has 0 aliphatic carbocycles. The average Bonchev–Trinajstić information content (AvgIpc) is 2.50. The number of hydrogen-bond acceptors (Lipinski definition) is 4. The molecule has 6 heteroatoms. The number of nitrogens with one attached hydrogen (secondary N) is 1. The third-order valence-corrected chi connectivity index (χ3v) is 2.02. The van der Waals surface area contributed by atoms with Crippen molar-refractivity contribution in [3.8, 4) is 0 Å². The highest BCUT2D eigenvalue weighted by molar-refractivity contribution is 7.81. The lowest BCUT2D eigenvalue weighted by Crippen LogP contribution is -2.29. The summed E-state index contributed by atoms with van der Waals surface area (Å²) in [6.07, 6.45) is 0.757. The van der Waals surface area contributed by atoms with E-state index in [4.69, 9.17) is 10.6 Å². The lowest BCUT2D eigenvalue weighted by atomic mass is 10.3. The van der Waals surface area contributed by atoms with Gasteiger partial charge < -0.3 is 10.1 Å². The molecular formula is C6H12ClN3OS. The van der Waals surface area contributed by atoms with E-state index in [2.05, 4.69) is 17.8 Å². The summed E-state index contributed by atoms with van der Waals surface area (Å²) in [5.41, 5.74) is 0.747. The van der Waals surface area contributed by atoms with Gasteiger partial charge >= 0.3 is 0 Å². The Labute approximate surface area is 83.0 Å². The molecule has 1 rings (SSSR count). The fourth-order valence-electron chi connectivity index (χ4n) is 1.05. The quantitative estimate of drug-likeness (QED) is 0.197. The second-order valence-corrected chi connectivity index (χ2v) is 2.76. The lowest BCUT2D eigenvalue weighted by Gasteiger charge is -2.15. The fourth-order valence-corrected chi connectivity index (χ4v) is 1.25. The zero-order chi connectivity index (χ0) is 8.27. The van der Waals surface area contributed by atoms with Crippen molar-refractivity contribution in [1.82, 2.24) is 4.90 Å². The Kier molecular flexibility index (Phi) is 5.08. The maximum absolute atomic E-state index is 8.41. The molecule has 0 radical (unpaired) electrons. The van der Waals surface area contributed by atoms with Gasteiger partial charge in [0.2, 0.25) is 0 Å². The SMILES string of the molecule is Cl.N=C(CS)N1CCC(=NO)C1. The number of amidine groups is 1. The number of oxime groups is 1. The van der Waals surface area contributed by atoms with Gasteiger partial charge in [-0.15, -0.1) is 12.4 Å². The van der Waals surface area contributed by atoms with Crippen LogP contribution in [0.5, 0.6) is 0 Å². The van der Waals surface area contributed by atoms with Gasteiger partial charge in [-0.2, -0.15) is 12.6 Å². The molecule has 0 spiro atoms. The number of nitrogens with zero attached hydrogens (tertiary/aromatic N) is 2. The van der Waals surface area contributed by atoms with Crippen LogP contribution in [0.4, 0.5) is 0 Å². The summed E-state index contributed by atoms with van der Waals surface area (Å²) in [5.74, 6) is 0.936. The molecule has 0 aromatic rings. The molecule has 0 aromatic carbocycles. The van der Waals surface area contributed by atoms with Crippen molar-refractivity contribution < 1.29 is 5.21 Å².